The molecule has 0 aliphatic heterocycles. The van der Waals surface area contributed by atoms with E-state index in [0.717, 1.165) is 0 Å². The van der Waals surface area contributed by atoms with Gasteiger partial charge in [0.25, 0.3) is 0 Å². The monoisotopic (exact) mass is 298 g/mol. The molecular formula is C10H10Cl2F2N2O2. The zero-order valence-electron chi connectivity index (χ0n) is 9.22. The van der Waals surface area contributed by atoms with Crippen molar-refractivity contribution >= 4 is 34.8 Å². The molecular weight excluding hydrogens is 289 g/mol. The van der Waals surface area contributed by atoms with Crippen LogP contribution in [0, 0.1) is 0 Å². The Morgan fingerprint density at radius 3 is 2.28 bits per heavy atom. The lowest BCUT2D eigenvalue weighted by Crippen LogP contribution is -2.32. The van der Waals surface area contributed by atoms with Crippen molar-refractivity contribution in [3.63, 3.8) is 0 Å². The first-order valence-corrected chi connectivity index (χ1v) is 5.57. The summed E-state index contributed by atoms with van der Waals surface area (Å²) in [5.41, 5.74) is 5.60. The molecule has 0 aromatic heterocycles. The predicted molar refractivity (Wildman–Crippen MR) is 65.4 cm³/mol. The highest BCUT2D eigenvalue weighted by atomic mass is 35.5. The highest BCUT2D eigenvalue weighted by Gasteiger charge is 2.16. The van der Waals surface area contributed by atoms with Gasteiger partial charge in [0.2, 0.25) is 5.91 Å². The molecule has 0 radical (unpaired) electrons. The smallest absolute Gasteiger partial charge is 0.387 e. The third-order valence-electron chi connectivity index (χ3n) is 1.89. The number of rotatable bonds is 4. The van der Waals surface area contributed by atoms with E-state index in [-0.39, 0.29) is 21.5 Å². The lowest BCUT2D eigenvalue weighted by Gasteiger charge is -2.12. The number of hydrogen-bond donors (Lipinski definition) is 2. The Hall–Kier alpha value is -1.11. The number of carbonyl (C=O) groups excluding carboxylic acids is 1. The standard InChI is InChI=1S/C10H10Cl2F2N2O2/c1-4(15)9(17)16-5-2-6(11)8(7(12)3-5)18-10(13)14/h2-4,10H,15H2,1H3,(H,16,17). The van der Waals surface area contributed by atoms with Crippen LogP contribution in [0.1, 0.15) is 6.92 Å². The summed E-state index contributed by atoms with van der Waals surface area (Å²) in [5, 5.41) is 2.16. The number of anilines is 1. The second-order valence-corrected chi connectivity index (χ2v) is 4.24. The van der Waals surface area contributed by atoms with Gasteiger partial charge in [-0.05, 0) is 19.1 Å². The minimum absolute atomic E-state index is 0.136. The van der Waals surface area contributed by atoms with Gasteiger partial charge in [-0.3, -0.25) is 4.79 Å². The zero-order chi connectivity index (χ0) is 13.9. The van der Waals surface area contributed by atoms with Crippen molar-refractivity contribution in [1.82, 2.24) is 0 Å². The number of nitrogens with one attached hydrogen (secondary N) is 1. The molecule has 1 atom stereocenters. The molecule has 0 spiro atoms. The maximum atomic E-state index is 12.1. The van der Waals surface area contributed by atoms with Gasteiger partial charge in [0.05, 0.1) is 16.1 Å². The number of hydrogen-bond acceptors (Lipinski definition) is 3. The predicted octanol–water partition coefficient (Wildman–Crippen LogP) is 2.88. The average molecular weight is 299 g/mol. The summed E-state index contributed by atoms with van der Waals surface area (Å²) in [6, 6.07) is 1.76. The molecule has 0 fully saturated rings. The van der Waals surface area contributed by atoms with Crippen molar-refractivity contribution in [2.45, 2.75) is 19.6 Å². The van der Waals surface area contributed by atoms with Gasteiger partial charge in [-0.15, -0.1) is 0 Å². The first-order chi connectivity index (χ1) is 8.31. The summed E-state index contributed by atoms with van der Waals surface area (Å²) in [5.74, 6) is -0.795. The van der Waals surface area contributed by atoms with Crippen LogP contribution in [0.3, 0.4) is 0 Å². The largest absolute Gasteiger partial charge is 0.432 e. The van der Waals surface area contributed by atoms with E-state index < -0.39 is 18.6 Å². The van der Waals surface area contributed by atoms with Gasteiger partial charge >= 0.3 is 6.61 Å². The number of alkyl halides is 2. The first-order valence-electron chi connectivity index (χ1n) is 4.81. The van der Waals surface area contributed by atoms with Crippen LogP contribution in [0.5, 0.6) is 5.75 Å². The second-order valence-electron chi connectivity index (χ2n) is 3.43. The van der Waals surface area contributed by atoms with E-state index in [1.807, 2.05) is 0 Å². The SMILES string of the molecule is CC(N)C(=O)Nc1cc(Cl)c(OC(F)F)c(Cl)c1. The van der Waals surface area contributed by atoms with Gasteiger partial charge < -0.3 is 15.8 Å². The third kappa shape index (κ3) is 3.97. The van der Waals surface area contributed by atoms with E-state index in [1.54, 1.807) is 0 Å². The van der Waals surface area contributed by atoms with Crippen LogP contribution in [0.4, 0.5) is 14.5 Å². The molecule has 0 aliphatic carbocycles. The van der Waals surface area contributed by atoms with E-state index in [4.69, 9.17) is 28.9 Å². The summed E-state index contributed by atoms with van der Waals surface area (Å²) in [7, 11) is 0. The molecule has 0 aliphatic rings. The molecule has 0 heterocycles. The molecule has 100 valence electrons. The Morgan fingerprint density at radius 2 is 1.89 bits per heavy atom. The molecule has 1 aromatic rings. The van der Waals surface area contributed by atoms with E-state index in [1.165, 1.54) is 19.1 Å². The normalized spacial score (nSPS) is 12.4. The molecule has 1 unspecified atom stereocenters. The number of ether oxygens (including phenoxy) is 1. The summed E-state index contributed by atoms with van der Waals surface area (Å²) in [4.78, 5) is 11.3. The topological polar surface area (TPSA) is 64.4 Å². The first kappa shape index (κ1) is 14.9. The maximum Gasteiger partial charge on any atom is 0.387 e. The van der Waals surface area contributed by atoms with Crippen molar-refractivity contribution in [3.8, 4) is 5.75 Å². The summed E-state index contributed by atoms with van der Waals surface area (Å²) < 4.78 is 28.3. The van der Waals surface area contributed by atoms with Crippen LogP contribution in [0.2, 0.25) is 10.0 Å². The average Bonchev–Trinajstić information content (AvgIpc) is 2.23. The van der Waals surface area contributed by atoms with Crippen LogP contribution < -0.4 is 15.8 Å². The molecule has 1 amide bonds. The van der Waals surface area contributed by atoms with Gasteiger partial charge in [-0.2, -0.15) is 8.78 Å². The van der Waals surface area contributed by atoms with E-state index >= 15 is 0 Å². The Balaban J connectivity index is 2.96. The minimum atomic E-state index is -3.04. The lowest BCUT2D eigenvalue weighted by atomic mass is 10.2. The number of benzene rings is 1. The van der Waals surface area contributed by atoms with E-state index in [0.29, 0.717) is 0 Å². The molecule has 8 heteroatoms. The van der Waals surface area contributed by atoms with Crippen molar-refractivity contribution < 1.29 is 18.3 Å². The number of carbonyl (C=O) groups is 1. The summed E-state index contributed by atoms with van der Waals surface area (Å²) >= 11 is 11.4. The Bertz CT molecular complexity index is 432. The molecule has 0 saturated heterocycles. The fraction of sp³-hybridized carbons (Fsp3) is 0.300. The van der Waals surface area contributed by atoms with E-state index in [2.05, 4.69) is 10.1 Å². The molecule has 4 nitrogen and oxygen atoms in total. The summed E-state index contributed by atoms with van der Waals surface area (Å²) in [6.45, 7) is -1.54. The van der Waals surface area contributed by atoms with Gasteiger partial charge in [-0.1, -0.05) is 23.2 Å². The fourth-order valence-corrected chi connectivity index (χ4v) is 1.67. The zero-order valence-corrected chi connectivity index (χ0v) is 10.7. The minimum Gasteiger partial charge on any atom is -0.432 e. The van der Waals surface area contributed by atoms with Crippen LogP contribution in [-0.4, -0.2) is 18.6 Å². The molecule has 18 heavy (non-hydrogen) atoms. The van der Waals surface area contributed by atoms with Crippen molar-refractivity contribution in [1.29, 1.82) is 0 Å². The Kier molecular flexibility index (Phi) is 5.13. The van der Waals surface area contributed by atoms with E-state index in [9.17, 15) is 13.6 Å². The van der Waals surface area contributed by atoms with Gasteiger partial charge in [0, 0.05) is 5.69 Å². The van der Waals surface area contributed by atoms with Crippen LogP contribution in [0.25, 0.3) is 0 Å². The highest BCUT2D eigenvalue weighted by molar-refractivity contribution is 6.37. The summed E-state index contributed by atoms with van der Waals surface area (Å²) in [6.07, 6.45) is 0. The van der Waals surface area contributed by atoms with Crippen molar-refractivity contribution in [2.24, 2.45) is 5.73 Å². The molecule has 1 aromatic carbocycles. The number of nitrogens with two attached hydrogens (primary N) is 1. The number of amides is 1. The van der Waals surface area contributed by atoms with Crippen LogP contribution >= 0.6 is 23.2 Å². The van der Waals surface area contributed by atoms with Crippen LogP contribution in [0.15, 0.2) is 12.1 Å². The van der Waals surface area contributed by atoms with Gasteiger partial charge in [-0.25, -0.2) is 0 Å². The fourth-order valence-electron chi connectivity index (χ4n) is 1.09. The Labute approximate surface area is 112 Å². The highest BCUT2D eigenvalue weighted by Crippen LogP contribution is 2.36. The second kappa shape index (κ2) is 6.17. The lowest BCUT2D eigenvalue weighted by molar-refractivity contribution is -0.117. The molecule has 0 saturated carbocycles. The van der Waals surface area contributed by atoms with Gasteiger partial charge in [0.1, 0.15) is 0 Å². The quantitative estimate of drug-likeness (QED) is 0.898. The van der Waals surface area contributed by atoms with Crippen molar-refractivity contribution in [2.75, 3.05) is 5.32 Å². The number of halogens is 4. The maximum absolute atomic E-state index is 12.1. The van der Waals surface area contributed by atoms with Crippen molar-refractivity contribution in [3.05, 3.63) is 22.2 Å². The van der Waals surface area contributed by atoms with Gasteiger partial charge in [0.15, 0.2) is 5.75 Å². The molecule has 3 N–H and O–H groups in total. The molecule has 1 rings (SSSR count). The Morgan fingerprint density at radius 1 is 1.39 bits per heavy atom. The third-order valence-corrected chi connectivity index (χ3v) is 2.45. The molecule has 0 bridgehead atoms. The van der Waals surface area contributed by atoms with Crippen LogP contribution in [-0.2, 0) is 4.79 Å².